The van der Waals surface area contributed by atoms with Gasteiger partial charge < -0.3 is 33.8 Å². The maximum Gasteiger partial charge on any atom is 0.472 e. The van der Waals surface area contributed by atoms with Gasteiger partial charge >= 0.3 is 39.5 Å². The quantitative estimate of drug-likeness (QED) is 0.0222. The molecule has 19 heteroatoms. The third-order valence-corrected chi connectivity index (χ3v) is 21.9. The van der Waals surface area contributed by atoms with Gasteiger partial charge in [0.05, 0.1) is 26.4 Å². The third kappa shape index (κ3) is 73.6. The minimum atomic E-state index is -4.96. The van der Waals surface area contributed by atoms with E-state index in [9.17, 15) is 43.2 Å². The van der Waals surface area contributed by atoms with Crippen molar-refractivity contribution in [1.82, 2.24) is 0 Å². The SMILES string of the molecule is CCC(C)CCCCCCCCCCCCCCCCCCCCC(=O)O[C@H](COC(=O)CCCCCCCCC(C)C)COP(=O)(O)OC[C@H](O)COP(=O)(O)OC[C@@H](COC(=O)CCCCCCCCCCCCCCCCCCC(C)C)OC(=O)CCCCCCCCCCC(C)CC. The van der Waals surface area contributed by atoms with Crippen LogP contribution in [0.3, 0.4) is 0 Å². The van der Waals surface area contributed by atoms with E-state index in [4.69, 9.17) is 37.0 Å². The lowest BCUT2D eigenvalue weighted by Crippen LogP contribution is -2.30. The molecule has 0 heterocycles. The summed E-state index contributed by atoms with van der Waals surface area (Å²) in [6.45, 7) is 14.3. The van der Waals surface area contributed by atoms with Gasteiger partial charge in [-0.3, -0.25) is 37.3 Å². The fourth-order valence-corrected chi connectivity index (χ4v) is 14.3. The molecule has 0 aliphatic carbocycles. The van der Waals surface area contributed by atoms with Crippen molar-refractivity contribution in [3.05, 3.63) is 0 Å². The maximum atomic E-state index is 13.1. The Hall–Kier alpha value is -1.94. The molecule has 0 aliphatic rings. The van der Waals surface area contributed by atoms with E-state index >= 15 is 0 Å². The summed E-state index contributed by atoms with van der Waals surface area (Å²) in [6.07, 6.45) is 59.9. The smallest absolute Gasteiger partial charge is 0.462 e. The van der Waals surface area contributed by atoms with Crippen LogP contribution in [0.4, 0.5) is 0 Å². The van der Waals surface area contributed by atoms with E-state index in [-0.39, 0.29) is 25.7 Å². The Kier molecular flexibility index (Phi) is 70.6. The standard InChI is InChI=1S/C83H162O17P2/c1-9-75(7)61-53-45-36-30-26-22-18-13-11-12-14-20-24-28-32-39-49-57-65-82(87)99-79(70-94-81(86)64-56-48-42-41-44-52-60-74(5)6)72-98-102(91,92)96-68-77(84)67-95-101(89,90)97-71-78(100-83(88)66-58-50-40-34-33-37-46-54-62-76(8)10-2)69-93-80(85)63-55-47-38-31-27-23-19-16-15-17-21-25-29-35-43-51-59-73(3)4/h73-79,84H,9-72H2,1-8H3,(H,89,90)(H,91,92)/t75?,76?,77-,78-,79-/m1/s1. The van der Waals surface area contributed by atoms with Gasteiger partial charge in [0.25, 0.3) is 0 Å². The van der Waals surface area contributed by atoms with E-state index in [1.54, 1.807) is 0 Å². The minimum absolute atomic E-state index is 0.105. The summed E-state index contributed by atoms with van der Waals surface area (Å²) in [6, 6.07) is 0. The van der Waals surface area contributed by atoms with Crippen LogP contribution in [0, 0.1) is 23.7 Å². The molecule has 0 aromatic rings. The number of unbranched alkanes of at least 4 members (excludes halogenated alkanes) is 44. The fraction of sp³-hybridized carbons (Fsp3) is 0.952. The van der Waals surface area contributed by atoms with E-state index in [2.05, 4.69) is 55.4 Å². The van der Waals surface area contributed by atoms with Crippen molar-refractivity contribution in [2.24, 2.45) is 23.7 Å². The third-order valence-electron chi connectivity index (χ3n) is 20.0. The molecule has 0 fully saturated rings. The van der Waals surface area contributed by atoms with Gasteiger partial charge in [-0.2, -0.15) is 0 Å². The van der Waals surface area contributed by atoms with Crippen LogP contribution in [0.5, 0.6) is 0 Å². The van der Waals surface area contributed by atoms with Crippen LogP contribution < -0.4 is 0 Å². The second-order valence-electron chi connectivity index (χ2n) is 31.3. The summed E-state index contributed by atoms with van der Waals surface area (Å²) >= 11 is 0. The van der Waals surface area contributed by atoms with Gasteiger partial charge in [0, 0.05) is 25.7 Å². The monoisotopic (exact) mass is 1490 g/mol. The molecule has 0 amide bonds. The Bertz CT molecular complexity index is 1990. The molecular weight excluding hydrogens is 1330 g/mol. The average Bonchev–Trinajstić information content (AvgIpc) is 0.921. The number of hydrogen-bond donors (Lipinski definition) is 3. The highest BCUT2D eigenvalue weighted by atomic mass is 31.2. The predicted molar refractivity (Wildman–Crippen MR) is 418 cm³/mol. The van der Waals surface area contributed by atoms with E-state index in [1.807, 2.05) is 0 Å². The van der Waals surface area contributed by atoms with E-state index in [0.29, 0.717) is 31.6 Å². The molecule has 606 valence electrons. The molecule has 0 spiro atoms. The van der Waals surface area contributed by atoms with E-state index < -0.39 is 97.5 Å². The normalized spacial score (nSPS) is 14.5. The second kappa shape index (κ2) is 72.0. The molecule has 102 heavy (non-hydrogen) atoms. The van der Waals surface area contributed by atoms with Gasteiger partial charge in [-0.25, -0.2) is 9.13 Å². The van der Waals surface area contributed by atoms with Gasteiger partial charge in [0.1, 0.15) is 19.3 Å². The number of hydrogen-bond acceptors (Lipinski definition) is 15. The first-order valence-electron chi connectivity index (χ1n) is 42.8. The molecule has 0 saturated carbocycles. The van der Waals surface area contributed by atoms with Gasteiger partial charge in [0.15, 0.2) is 12.2 Å². The number of carbonyl (C=O) groups is 4. The molecule has 0 aliphatic heterocycles. The van der Waals surface area contributed by atoms with Crippen molar-refractivity contribution < 1.29 is 80.2 Å². The van der Waals surface area contributed by atoms with Gasteiger partial charge in [-0.1, -0.05) is 376 Å². The van der Waals surface area contributed by atoms with Crippen LogP contribution in [0.25, 0.3) is 0 Å². The molecule has 7 atom stereocenters. The van der Waals surface area contributed by atoms with E-state index in [1.165, 1.54) is 225 Å². The molecular formula is C83H162O17P2. The van der Waals surface area contributed by atoms with Crippen molar-refractivity contribution >= 4 is 39.5 Å². The first kappa shape index (κ1) is 100. The lowest BCUT2D eigenvalue weighted by atomic mass is 9.99. The molecule has 0 aromatic carbocycles. The van der Waals surface area contributed by atoms with Crippen LogP contribution in [0.15, 0.2) is 0 Å². The van der Waals surface area contributed by atoms with Crippen LogP contribution in [0.2, 0.25) is 0 Å². The number of carbonyl (C=O) groups excluding carboxylic acids is 4. The van der Waals surface area contributed by atoms with Gasteiger partial charge in [-0.15, -0.1) is 0 Å². The first-order chi connectivity index (χ1) is 49.2. The van der Waals surface area contributed by atoms with Crippen molar-refractivity contribution in [3.8, 4) is 0 Å². The molecule has 0 rings (SSSR count). The number of phosphoric acid groups is 2. The lowest BCUT2D eigenvalue weighted by molar-refractivity contribution is -0.161. The van der Waals surface area contributed by atoms with Crippen molar-refractivity contribution in [2.45, 2.75) is 446 Å². The summed E-state index contributed by atoms with van der Waals surface area (Å²) in [7, 11) is -9.92. The predicted octanol–water partition coefficient (Wildman–Crippen LogP) is 24.8. The van der Waals surface area contributed by atoms with Crippen LogP contribution in [0.1, 0.15) is 428 Å². The summed E-state index contributed by atoms with van der Waals surface area (Å²) in [4.78, 5) is 73.0. The van der Waals surface area contributed by atoms with Crippen molar-refractivity contribution in [3.63, 3.8) is 0 Å². The molecule has 0 saturated heterocycles. The fourth-order valence-electron chi connectivity index (χ4n) is 12.7. The number of aliphatic hydroxyl groups excluding tert-OH is 1. The van der Waals surface area contributed by atoms with Crippen LogP contribution in [-0.2, 0) is 65.4 Å². The Balaban J connectivity index is 5.14. The molecule has 3 N–H and O–H groups in total. The van der Waals surface area contributed by atoms with Crippen LogP contribution >= 0.6 is 15.6 Å². The minimum Gasteiger partial charge on any atom is -0.462 e. The first-order valence-corrected chi connectivity index (χ1v) is 45.8. The molecule has 0 radical (unpaired) electrons. The molecule has 17 nitrogen and oxygen atoms in total. The highest BCUT2D eigenvalue weighted by Gasteiger charge is 2.30. The Labute approximate surface area is 626 Å². The Morgan fingerprint density at radius 3 is 0.696 bits per heavy atom. The second-order valence-corrected chi connectivity index (χ2v) is 34.2. The van der Waals surface area contributed by atoms with Gasteiger partial charge in [0.2, 0.25) is 0 Å². The average molecular weight is 1490 g/mol. The zero-order chi connectivity index (χ0) is 75.3. The largest absolute Gasteiger partial charge is 0.472 e. The summed E-state index contributed by atoms with van der Waals surface area (Å²) in [5.74, 6) is 1.02. The summed E-state index contributed by atoms with van der Waals surface area (Å²) < 4.78 is 68.7. The number of phosphoric ester groups is 2. The summed E-state index contributed by atoms with van der Waals surface area (Å²) in [5.41, 5.74) is 0. The Morgan fingerprint density at radius 2 is 0.471 bits per heavy atom. The van der Waals surface area contributed by atoms with Crippen molar-refractivity contribution in [2.75, 3.05) is 39.6 Å². The lowest BCUT2D eigenvalue weighted by Gasteiger charge is -2.21. The number of ether oxygens (including phenoxy) is 4. The topological polar surface area (TPSA) is 237 Å². The molecule has 0 aromatic heterocycles. The Morgan fingerprint density at radius 1 is 0.275 bits per heavy atom. The van der Waals surface area contributed by atoms with Gasteiger partial charge in [-0.05, 0) is 49.4 Å². The van der Waals surface area contributed by atoms with Crippen molar-refractivity contribution in [1.29, 1.82) is 0 Å². The maximum absolute atomic E-state index is 13.1. The number of rotatable bonds is 80. The summed E-state index contributed by atoms with van der Waals surface area (Å²) in [5, 5.41) is 10.6. The molecule has 0 bridgehead atoms. The highest BCUT2D eigenvalue weighted by molar-refractivity contribution is 7.47. The molecule has 4 unspecified atom stereocenters. The van der Waals surface area contributed by atoms with Crippen LogP contribution in [-0.4, -0.2) is 96.7 Å². The highest BCUT2D eigenvalue weighted by Crippen LogP contribution is 2.45. The number of esters is 4. The van der Waals surface area contributed by atoms with E-state index in [0.717, 1.165) is 114 Å². The number of aliphatic hydroxyl groups is 1. The zero-order valence-corrected chi connectivity index (χ0v) is 69.0. The zero-order valence-electron chi connectivity index (χ0n) is 67.2.